The van der Waals surface area contributed by atoms with Gasteiger partial charge in [-0.2, -0.15) is 0 Å². The molecule has 0 fully saturated rings. The van der Waals surface area contributed by atoms with E-state index in [-0.39, 0.29) is 11.1 Å². The average Bonchev–Trinajstić information content (AvgIpc) is 2.39. The van der Waals surface area contributed by atoms with Crippen molar-refractivity contribution in [2.24, 2.45) is 0 Å². The molecule has 3 nitrogen and oxygen atoms in total. The van der Waals surface area contributed by atoms with Gasteiger partial charge in [0.1, 0.15) is 16.5 Å². The Morgan fingerprint density at radius 3 is 1.61 bits per heavy atom. The van der Waals surface area contributed by atoms with Crippen molar-refractivity contribution in [1.29, 1.82) is 0 Å². The van der Waals surface area contributed by atoms with E-state index >= 15 is 0 Å². The van der Waals surface area contributed by atoms with Gasteiger partial charge in [0.25, 0.3) is 5.84 Å². The molecule has 0 unspecified atom stereocenters. The van der Waals surface area contributed by atoms with Gasteiger partial charge >= 0.3 is 7.71 Å². The standard InChI is InChI=1S/C21H41N3SSi3/c1-20(2,3)22-19(18-16-14-13-15-17-18)23(21(4,5)6)28(22,25)24(26(7,8)9)27(10,11)12/h13-17H,1-12H3. The fourth-order valence-corrected chi connectivity index (χ4v) is 31.4. The SMILES string of the molecule is CC(C)(C)N1C(c2ccccc2)=[N+](C(C)(C)C)[Si@]1([S-])N([Si](C)(C)C)[Si](C)(C)C. The van der Waals surface area contributed by atoms with E-state index in [0.717, 1.165) is 0 Å². The molecular formula is C21H41N3SSi3. The minimum Gasteiger partial charge on any atom is -0.683 e. The van der Waals surface area contributed by atoms with Gasteiger partial charge in [-0.3, -0.25) is 8.81 Å². The number of nitrogens with zero attached hydrogens (tertiary/aromatic N) is 3. The van der Waals surface area contributed by atoms with Gasteiger partial charge in [0.2, 0.25) is 0 Å². The van der Waals surface area contributed by atoms with Crippen LogP contribution in [0.2, 0.25) is 39.3 Å². The fraction of sp³-hybridized carbons (Fsp3) is 0.667. The van der Waals surface area contributed by atoms with Crippen molar-refractivity contribution >= 4 is 42.1 Å². The fourth-order valence-electron chi connectivity index (χ4n) is 4.87. The first kappa shape index (κ1) is 23.9. The Morgan fingerprint density at radius 1 is 0.857 bits per heavy atom. The molecule has 0 saturated heterocycles. The van der Waals surface area contributed by atoms with Crippen LogP contribution in [0.25, 0.3) is 0 Å². The van der Waals surface area contributed by atoms with Crippen LogP contribution in [0.5, 0.6) is 0 Å². The Hall–Kier alpha value is -0.349. The van der Waals surface area contributed by atoms with Crippen LogP contribution in [-0.2, 0) is 12.1 Å². The summed E-state index contributed by atoms with van der Waals surface area (Å²) in [5, 5.41) is 0. The second-order valence-electron chi connectivity index (χ2n) is 12.0. The minimum absolute atomic E-state index is 0.0154. The monoisotopic (exact) mass is 451 g/mol. The summed E-state index contributed by atoms with van der Waals surface area (Å²) in [5.74, 6) is 1.32. The predicted molar refractivity (Wildman–Crippen MR) is 134 cm³/mol. The molecule has 1 aliphatic rings. The maximum atomic E-state index is 6.83. The van der Waals surface area contributed by atoms with E-state index in [1.54, 1.807) is 0 Å². The molecule has 0 aromatic heterocycles. The molecule has 0 radical (unpaired) electrons. The Kier molecular flexibility index (Phi) is 6.08. The first-order chi connectivity index (χ1) is 12.3. The summed E-state index contributed by atoms with van der Waals surface area (Å²) in [7, 11) is -5.79. The third kappa shape index (κ3) is 4.10. The quantitative estimate of drug-likeness (QED) is 0.453. The molecule has 7 heteroatoms. The van der Waals surface area contributed by atoms with Gasteiger partial charge in [0.05, 0.1) is 16.6 Å². The molecule has 158 valence electrons. The van der Waals surface area contributed by atoms with E-state index in [9.17, 15) is 0 Å². The van der Waals surface area contributed by atoms with Crippen molar-refractivity contribution in [1.82, 2.24) is 8.46 Å². The molecule has 0 spiro atoms. The molecule has 28 heavy (non-hydrogen) atoms. The van der Waals surface area contributed by atoms with Gasteiger partial charge in [-0.05, 0) is 53.7 Å². The van der Waals surface area contributed by atoms with Crippen LogP contribution >= 0.6 is 0 Å². The van der Waals surface area contributed by atoms with Crippen LogP contribution in [0.3, 0.4) is 0 Å². The summed E-state index contributed by atoms with van der Waals surface area (Å²) >= 11 is 6.83. The smallest absolute Gasteiger partial charge is 0.408 e. The zero-order chi connectivity index (χ0) is 21.9. The van der Waals surface area contributed by atoms with E-state index in [4.69, 9.17) is 12.1 Å². The highest BCUT2D eigenvalue weighted by molar-refractivity contribution is 7.96. The van der Waals surface area contributed by atoms with E-state index in [1.165, 1.54) is 11.4 Å². The summed E-state index contributed by atoms with van der Waals surface area (Å²) in [5.41, 5.74) is 1.25. The van der Waals surface area contributed by atoms with Gasteiger partial charge in [-0.1, -0.05) is 57.5 Å². The average molecular weight is 452 g/mol. The number of amidine groups is 1. The highest BCUT2D eigenvalue weighted by atomic mass is 32.3. The molecule has 1 aromatic rings. The van der Waals surface area contributed by atoms with Crippen LogP contribution in [0.4, 0.5) is 0 Å². The van der Waals surface area contributed by atoms with Crippen LogP contribution in [-0.4, -0.2) is 53.8 Å². The maximum absolute atomic E-state index is 6.83. The van der Waals surface area contributed by atoms with Crippen molar-refractivity contribution in [2.45, 2.75) is 91.9 Å². The lowest BCUT2D eigenvalue weighted by Gasteiger charge is -2.67. The molecule has 1 atom stereocenters. The zero-order valence-electron chi connectivity index (χ0n) is 20.1. The maximum Gasteiger partial charge on any atom is 0.408 e. The molecule has 1 heterocycles. The van der Waals surface area contributed by atoms with Crippen molar-refractivity contribution in [2.75, 3.05) is 0 Å². The molecule has 0 bridgehead atoms. The molecule has 0 saturated carbocycles. The number of rotatable bonds is 4. The van der Waals surface area contributed by atoms with E-state index in [1.807, 2.05) is 0 Å². The van der Waals surface area contributed by atoms with Crippen LogP contribution in [0, 0.1) is 0 Å². The Labute approximate surface area is 182 Å². The molecule has 2 rings (SSSR count). The van der Waals surface area contributed by atoms with Crippen molar-refractivity contribution < 1.29 is 4.24 Å². The zero-order valence-corrected chi connectivity index (χ0v) is 24.0. The third-order valence-electron chi connectivity index (χ3n) is 5.01. The largest absolute Gasteiger partial charge is 0.683 e. The molecule has 1 aliphatic heterocycles. The number of hydrogen-bond acceptors (Lipinski definition) is 3. The summed E-state index contributed by atoms with van der Waals surface area (Å²) in [6.45, 7) is 28.9. The van der Waals surface area contributed by atoms with Crippen LogP contribution in [0.15, 0.2) is 30.3 Å². The van der Waals surface area contributed by atoms with Crippen LogP contribution in [0.1, 0.15) is 47.1 Å². The second-order valence-corrected chi connectivity index (χ2v) is 27.0. The molecular weight excluding hydrogens is 411 g/mol. The molecule has 0 N–H and O–H groups in total. The van der Waals surface area contributed by atoms with Gasteiger partial charge in [-0.15, -0.1) is 0 Å². The predicted octanol–water partition coefficient (Wildman–Crippen LogP) is 5.31. The van der Waals surface area contributed by atoms with Crippen molar-refractivity contribution in [3.05, 3.63) is 35.9 Å². The van der Waals surface area contributed by atoms with Gasteiger partial charge in [0, 0.05) is 0 Å². The van der Waals surface area contributed by atoms with E-state index in [2.05, 4.69) is 124 Å². The minimum atomic E-state index is -2.50. The summed E-state index contributed by atoms with van der Waals surface area (Å²) < 4.78 is 8.24. The van der Waals surface area contributed by atoms with Crippen molar-refractivity contribution in [3.8, 4) is 0 Å². The van der Waals surface area contributed by atoms with E-state index < -0.39 is 24.2 Å². The Morgan fingerprint density at radius 2 is 1.29 bits per heavy atom. The first-order valence-electron chi connectivity index (χ1n) is 10.4. The molecule has 1 aromatic carbocycles. The third-order valence-corrected chi connectivity index (χ3v) is 23.7. The molecule has 0 amide bonds. The highest BCUT2D eigenvalue weighted by Crippen LogP contribution is 2.42. The second kappa shape index (κ2) is 7.11. The van der Waals surface area contributed by atoms with Crippen LogP contribution < -0.4 is 0 Å². The number of benzene rings is 1. The van der Waals surface area contributed by atoms with Gasteiger partial charge in [-0.25, -0.2) is 0 Å². The van der Waals surface area contributed by atoms with E-state index in [0.29, 0.717) is 0 Å². The lowest BCUT2D eigenvalue weighted by molar-refractivity contribution is -0.517. The normalized spacial score (nSPS) is 22.0. The Bertz CT molecular complexity index is 738. The number of hydrogen-bond donors (Lipinski definition) is 0. The Balaban J connectivity index is 2.93. The van der Waals surface area contributed by atoms with Gasteiger partial charge < -0.3 is 16.0 Å². The van der Waals surface area contributed by atoms with Crippen molar-refractivity contribution in [3.63, 3.8) is 0 Å². The molecule has 0 aliphatic carbocycles. The van der Waals surface area contributed by atoms with Gasteiger partial charge in [0.15, 0.2) is 0 Å². The summed E-state index contributed by atoms with van der Waals surface area (Å²) in [4.78, 5) is 0. The summed E-state index contributed by atoms with van der Waals surface area (Å²) in [6.07, 6.45) is 0. The lowest BCUT2D eigenvalue weighted by atomic mass is 10.1. The lowest BCUT2D eigenvalue weighted by Crippen LogP contribution is -2.92. The summed E-state index contributed by atoms with van der Waals surface area (Å²) in [6, 6.07) is 10.9. The topological polar surface area (TPSA) is 9.49 Å². The first-order valence-corrected chi connectivity index (χ1v) is 20.2. The highest BCUT2D eigenvalue weighted by Gasteiger charge is 2.68.